The van der Waals surface area contributed by atoms with Crippen LogP contribution >= 0.6 is 0 Å². The number of aromatic amines is 1. The van der Waals surface area contributed by atoms with Crippen molar-refractivity contribution >= 4 is 16.9 Å². The molecule has 5 heteroatoms. The van der Waals surface area contributed by atoms with Crippen molar-refractivity contribution in [3.63, 3.8) is 0 Å². The average Bonchev–Trinajstić information content (AvgIpc) is 2.70. The zero-order chi connectivity index (χ0) is 13.8. The number of benzene rings is 1. The molecular weight excluding hydrogens is 242 g/mol. The van der Waals surface area contributed by atoms with Crippen LogP contribution in [0.1, 0.15) is 11.3 Å². The minimum absolute atomic E-state index is 0.288. The number of aliphatic carboxylic acids is 1. The van der Waals surface area contributed by atoms with Gasteiger partial charge in [-0.1, -0.05) is 18.2 Å². The summed E-state index contributed by atoms with van der Waals surface area (Å²) in [4.78, 5) is 13.9. The van der Waals surface area contributed by atoms with Gasteiger partial charge in [-0.25, -0.2) is 0 Å². The zero-order valence-electron chi connectivity index (χ0n) is 10.9. The van der Waals surface area contributed by atoms with E-state index in [1.165, 1.54) is 10.9 Å². The lowest BCUT2D eigenvalue weighted by atomic mass is 10.1. The van der Waals surface area contributed by atoms with Crippen LogP contribution in [-0.4, -0.2) is 35.2 Å². The SMILES string of the molecule is Cc1[nH]c2ccccc2c1CCNCC(N)C(=O)O. The Balaban J connectivity index is 1.95. The third-order valence-corrected chi connectivity index (χ3v) is 3.26. The summed E-state index contributed by atoms with van der Waals surface area (Å²) in [7, 11) is 0. The molecule has 0 spiro atoms. The number of carbonyl (C=O) groups is 1. The number of rotatable bonds is 6. The number of fused-ring (bicyclic) bond motifs is 1. The van der Waals surface area contributed by atoms with E-state index in [1.807, 2.05) is 12.1 Å². The van der Waals surface area contributed by atoms with Gasteiger partial charge in [0.05, 0.1) is 0 Å². The Morgan fingerprint density at radius 1 is 1.47 bits per heavy atom. The summed E-state index contributed by atoms with van der Waals surface area (Å²) in [6, 6.07) is 7.33. The summed E-state index contributed by atoms with van der Waals surface area (Å²) in [6.45, 7) is 3.05. The summed E-state index contributed by atoms with van der Waals surface area (Å²) < 4.78 is 0. The van der Waals surface area contributed by atoms with Crippen LogP contribution in [0.5, 0.6) is 0 Å². The van der Waals surface area contributed by atoms with E-state index in [0.29, 0.717) is 6.54 Å². The van der Waals surface area contributed by atoms with Crippen LogP contribution in [-0.2, 0) is 11.2 Å². The summed E-state index contributed by atoms with van der Waals surface area (Å²) in [5, 5.41) is 13.0. The average molecular weight is 261 g/mol. The largest absolute Gasteiger partial charge is 0.480 e. The van der Waals surface area contributed by atoms with E-state index >= 15 is 0 Å². The molecule has 5 nitrogen and oxygen atoms in total. The Bertz CT molecular complexity index is 577. The predicted molar refractivity (Wildman–Crippen MR) is 75.2 cm³/mol. The minimum Gasteiger partial charge on any atom is -0.480 e. The Labute approximate surface area is 111 Å². The van der Waals surface area contributed by atoms with E-state index in [2.05, 4.69) is 29.4 Å². The van der Waals surface area contributed by atoms with Gasteiger partial charge in [0.2, 0.25) is 0 Å². The first kappa shape index (κ1) is 13.6. The molecule has 1 aromatic heterocycles. The van der Waals surface area contributed by atoms with Crippen molar-refractivity contribution in [3.8, 4) is 0 Å². The van der Waals surface area contributed by atoms with E-state index in [9.17, 15) is 4.79 Å². The highest BCUT2D eigenvalue weighted by atomic mass is 16.4. The molecule has 19 heavy (non-hydrogen) atoms. The fraction of sp³-hybridized carbons (Fsp3) is 0.357. The van der Waals surface area contributed by atoms with Gasteiger partial charge in [0.15, 0.2) is 0 Å². The number of para-hydroxylation sites is 1. The monoisotopic (exact) mass is 261 g/mol. The fourth-order valence-electron chi connectivity index (χ4n) is 2.22. The Morgan fingerprint density at radius 2 is 2.21 bits per heavy atom. The Hall–Kier alpha value is -1.85. The molecule has 5 N–H and O–H groups in total. The quantitative estimate of drug-likeness (QED) is 0.584. The van der Waals surface area contributed by atoms with E-state index < -0.39 is 12.0 Å². The van der Waals surface area contributed by atoms with Crippen molar-refractivity contribution in [2.45, 2.75) is 19.4 Å². The van der Waals surface area contributed by atoms with Gasteiger partial charge in [-0.3, -0.25) is 4.79 Å². The first-order valence-electron chi connectivity index (χ1n) is 6.35. The van der Waals surface area contributed by atoms with Gasteiger partial charge < -0.3 is 21.1 Å². The van der Waals surface area contributed by atoms with Crippen molar-refractivity contribution in [1.29, 1.82) is 0 Å². The van der Waals surface area contributed by atoms with Gasteiger partial charge in [0.25, 0.3) is 0 Å². The van der Waals surface area contributed by atoms with E-state index in [0.717, 1.165) is 17.6 Å². The standard InChI is InChI=1S/C14H19N3O2/c1-9-10(6-7-16-8-12(15)14(18)19)11-4-2-3-5-13(11)17-9/h2-5,12,16-17H,6-8,15H2,1H3,(H,18,19). The lowest BCUT2D eigenvalue weighted by Crippen LogP contribution is -2.40. The zero-order valence-corrected chi connectivity index (χ0v) is 10.9. The van der Waals surface area contributed by atoms with Gasteiger partial charge in [0.1, 0.15) is 6.04 Å². The van der Waals surface area contributed by atoms with Crippen LogP contribution in [0.3, 0.4) is 0 Å². The molecule has 0 aliphatic carbocycles. The predicted octanol–water partition coefficient (Wildman–Crippen LogP) is 1.02. The molecule has 2 rings (SSSR count). The highest BCUT2D eigenvalue weighted by Gasteiger charge is 2.11. The van der Waals surface area contributed by atoms with Crippen LogP contribution in [0.2, 0.25) is 0 Å². The van der Waals surface area contributed by atoms with Gasteiger partial charge in [-0.2, -0.15) is 0 Å². The van der Waals surface area contributed by atoms with Gasteiger partial charge >= 0.3 is 5.97 Å². The molecule has 0 aliphatic heterocycles. The maximum absolute atomic E-state index is 10.6. The van der Waals surface area contributed by atoms with Crippen LogP contribution in [0.25, 0.3) is 10.9 Å². The maximum Gasteiger partial charge on any atom is 0.321 e. The van der Waals surface area contributed by atoms with Gasteiger partial charge in [0, 0.05) is 23.1 Å². The third kappa shape index (κ3) is 3.13. The number of H-pyrrole nitrogens is 1. The van der Waals surface area contributed by atoms with Crippen molar-refractivity contribution < 1.29 is 9.90 Å². The molecule has 0 radical (unpaired) electrons. The second-order valence-corrected chi connectivity index (χ2v) is 4.67. The van der Waals surface area contributed by atoms with Crippen LogP contribution in [0.15, 0.2) is 24.3 Å². The molecule has 0 aliphatic rings. The molecule has 1 aromatic carbocycles. The number of hydrogen-bond acceptors (Lipinski definition) is 3. The molecule has 0 saturated carbocycles. The number of nitrogens with one attached hydrogen (secondary N) is 2. The molecular formula is C14H19N3O2. The van der Waals surface area contributed by atoms with Crippen LogP contribution in [0.4, 0.5) is 0 Å². The van der Waals surface area contributed by atoms with E-state index in [4.69, 9.17) is 10.8 Å². The third-order valence-electron chi connectivity index (χ3n) is 3.26. The number of hydrogen-bond donors (Lipinski definition) is 4. The Kier molecular flexibility index (Phi) is 4.19. The topological polar surface area (TPSA) is 91.1 Å². The van der Waals surface area contributed by atoms with Crippen LogP contribution < -0.4 is 11.1 Å². The number of aryl methyl sites for hydroxylation is 1. The molecule has 1 atom stereocenters. The molecule has 1 heterocycles. The maximum atomic E-state index is 10.6. The summed E-state index contributed by atoms with van der Waals surface area (Å²) in [6.07, 6.45) is 0.849. The molecule has 0 bridgehead atoms. The highest BCUT2D eigenvalue weighted by Crippen LogP contribution is 2.21. The van der Waals surface area contributed by atoms with Crippen molar-refractivity contribution in [3.05, 3.63) is 35.5 Å². The smallest absolute Gasteiger partial charge is 0.321 e. The molecule has 102 valence electrons. The van der Waals surface area contributed by atoms with E-state index in [-0.39, 0.29) is 6.54 Å². The Morgan fingerprint density at radius 3 is 2.95 bits per heavy atom. The van der Waals surface area contributed by atoms with Crippen molar-refractivity contribution in [2.24, 2.45) is 5.73 Å². The lowest BCUT2D eigenvalue weighted by molar-refractivity contribution is -0.138. The number of nitrogens with two attached hydrogens (primary N) is 1. The summed E-state index contributed by atoms with van der Waals surface area (Å²) in [5.74, 6) is -0.976. The second kappa shape index (κ2) is 5.86. The summed E-state index contributed by atoms with van der Waals surface area (Å²) >= 11 is 0. The van der Waals surface area contributed by atoms with Gasteiger partial charge in [-0.15, -0.1) is 0 Å². The lowest BCUT2D eigenvalue weighted by Gasteiger charge is -2.08. The molecule has 0 saturated heterocycles. The van der Waals surface area contributed by atoms with Gasteiger partial charge in [-0.05, 0) is 31.5 Å². The number of carboxylic acid groups (broad SMARTS) is 1. The highest BCUT2D eigenvalue weighted by molar-refractivity contribution is 5.84. The number of carboxylic acids is 1. The molecule has 0 fully saturated rings. The second-order valence-electron chi connectivity index (χ2n) is 4.67. The molecule has 2 aromatic rings. The molecule has 1 unspecified atom stereocenters. The summed E-state index contributed by atoms with van der Waals surface area (Å²) in [5.41, 5.74) is 8.99. The normalized spacial score (nSPS) is 12.7. The fourth-order valence-corrected chi connectivity index (χ4v) is 2.22. The number of aromatic nitrogens is 1. The minimum atomic E-state index is -0.976. The first-order chi connectivity index (χ1) is 9.09. The van der Waals surface area contributed by atoms with Crippen LogP contribution in [0, 0.1) is 6.92 Å². The van der Waals surface area contributed by atoms with Crippen molar-refractivity contribution in [2.75, 3.05) is 13.1 Å². The first-order valence-corrected chi connectivity index (χ1v) is 6.35. The van der Waals surface area contributed by atoms with Crippen molar-refractivity contribution in [1.82, 2.24) is 10.3 Å². The van der Waals surface area contributed by atoms with E-state index in [1.54, 1.807) is 0 Å². The molecule has 0 amide bonds.